The summed E-state index contributed by atoms with van der Waals surface area (Å²) in [5, 5.41) is 3.34. The van der Waals surface area contributed by atoms with E-state index in [2.05, 4.69) is 41.6 Å². The Morgan fingerprint density at radius 1 is 1.32 bits per heavy atom. The molecule has 0 amide bonds. The van der Waals surface area contributed by atoms with Gasteiger partial charge in [0.1, 0.15) is 0 Å². The van der Waals surface area contributed by atoms with Crippen molar-refractivity contribution in [1.29, 1.82) is 0 Å². The Balaban J connectivity index is 1.85. The molecule has 2 nitrogen and oxygen atoms in total. The third-order valence-electron chi connectivity index (χ3n) is 4.26. The van der Waals surface area contributed by atoms with Gasteiger partial charge in [-0.1, -0.05) is 24.3 Å². The number of nitrogens with two attached hydrogens (primary N) is 1. The van der Waals surface area contributed by atoms with Gasteiger partial charge in [-0.2, -0.15) is 0 Å². The number of hydrogen-bond donors (Lipinski definition) is 1. The maximum atomic E-state index is 6.13. The van der Waals surface area contributed by atoms with Gasteiger partial charge >= 0.3 is 0 Å². The highest BCUT2D eigenvalue weighted by molar-refractivity contribution is 7.09. The first-order chi connectivity index (χ1) is 9.21. The number of benzene rings is 1. The van der Waals surface area contributed by atoms with Gasteiger partial charge in [0.25, 0.3) is 0 Å². The normalized spacial score (nSPS) is 22.2. The zero-order valence-electron chi connectivity index (χ0n) is 11.4. The highest BCUT2D eigenvalue weighted by Gasteiger charge is 2.33. The van der Waals surface area contributed by atoms with E-state index in [1.165, 1.54) is 23.2 Å². The van der Waals surface area contributed by atoms with Crippen LogP contribution < -0.4 is 5.73 Å². The van der Waals surface area contributed by atoms with Gasteiger partial charge in [0.15, 0.2) is 0 Å². The molecule has 1 aromatic carbocycles. The first-order valence-electron chi connectivity index (χ1n) is 6.89. The molecule has 1 aliphatic rings. The number of aryl methyl sites for hydroxylation is 2. The zero-order chi connectivity index (χ0) is 13.3. The predicted octanol–water partition coefficient (Wildman–Crippen LogP) is 3.13. The van der Waals surface area contributed by atoms with Crippen molar-refractivity contribution in [3.05, 3.63) is 51.5 Å². The molecule has 0 radical (unpaired) electrons. The molecule has 0 saturated heterocycles. The molecule has 3 rings (SSSR count). The summed E-state index contributed by atoms with van der Waals surface area (Å²) in [4.78, 5) is 4.62. The van der Waals surface area contributed by atoms with Gasteiger partial charge in [-0.25, -0.2) is 4.98 Å². The molecule has 100 valence electrons. The summed E-state index contributed by atoms with van der Waals surface area (Å²) in [6.07, 6.45) is 4.44. The van der Waals surface area contributed by atoms with Crippen LogP contribution in [-0.4, -0.2) is 11.5 Å². The van der Waals surface area contributed by atoms with Crippen LogP contribution in [-0.2, 0) is 19.3 Å². The predicted molar refractivity (Wildman–Crippen MR) is 80.5 cm³/mol. The summed E-state index contributed by atoms with van der Waals surface area (Å²) in [6, 6.07) is 8.78. The molecule has 2 N–H and O–H groups in total. The van der Waals surface area contributed by atoms with Crippen molar-refractivity contribution in [1.82, 2.24) is 4.98 Å². The first kappa shape index (κ1) is 12.8. The maximum Gasteiger partial charge on any atom is 0.0897 e. The lowest BCUT2D eigenvalue weighted by atomic mass is 9.69. The van der Waals surface area contributed by atoms with E-state index >= 15 is 0 Å². The summed E-state index contributed by atoms with van der Waals surface area (Å²) >= 11 is 1.74. The Bertz CT molecular complexity index is 576. The lowest BCUT2D eigenvalue weighted by molar-refractivity contribution is 0.252. The van der Waals surface area contributed by atoms with Crippen molar-refractivity contribution < 1.29 is 0 Å². The van der Waals surface area contributed by atoms with E-state index in [0.29, 0.717) is 0 Å². The van der Waals surface area contributed by atoms with Crippen LogP contribution >= 0.6 is 11.3 Å². The average Bonchev–Trinajstić information content (AvgIpc) is 2.84. The van der Waals surface area contributed by atoms with E-state index in [1.54, 1.807) is 11.3 Å². The van der Waals surface area contributed by atoms with Crippen LogP contribution in [0.25, 0.3) is 0 Å². The fourth-order valence-corrected chi connectivity index (χ4v) is 3.75. The second-order valence-electron chi connectivity index (χ2n) is 5.68. The molecule has 2 aromatic rings. The van der Waals surface area contributed by atoms with Crippen molar-refractivity contribution in [3.63, 3.8) is 0 Å². The Morgan fingerprint density at radius 2 is 2.11 bits per heavy atom. The first-order valence-corrected chi connectivity index (χ1v) is 7.77. The minimum absolute atomic E-state index is 0.203. The van der Waals surface area contributed by atoms with Crippen LogP contribution in [0, 0.1) is 12.3 Å². The fourth-order valence-electron chi connectivity index (χ4n) is 3.14. The monoisotopic (exact) mass is 272 g/mol. The minimum Gasteiger partial charge on any atom is -0.330 e. The molecule has 1 aliphatic carbocycles. The van der Waals surface area contributed by atoms with Gasteiger partial charge in [0.05, 0.1) is 10.7 Å². The second-order valence-corrected chi connectivity index (χ2v) is 6.75. The standard InChI is InChI=1S/C16H20N2S/c1-12-18-15(10-19-12)9-16(11-17)7-6-13-4-2-3-5-14(13)8-16/h2-5,10H,6-9,11,17H2,1H3. The third kappa shape index (κ3) is 2.58. The van der Waals surface area contributed by atoms with Crippen molar-refractivity contribution >= 4 is 11.3 Å². The summed E-state index contributed by atoms with van der Waals surface area (Å²) in [5.74, 6) is 0. The highest BCUT2D eigenvalue weighted by atomic mass is 32.1. The van der Waals surface area contributed by atoms with Crippen molar-refractivity contribution in [3.8, 4) is 0 Å². The van der Waals surface area contributed by atoms with Crippen LogP contribution in [0.1, 0.15) is 28.2 Å². The minimum atomic E-state index is 0.203. The van der Waals surface area contributed by atoms with E-state index < -0.39 is 0 Å². The van der Waals surface area contributed by atoms with E-state index in [9.17, 15) is 0 Å². The van der Waals surface area contributed by atoms with Gasteiger partial charge < -0.3 is 5.73 Å². The smallest absolute Gasteiger partial charge is 0.0897 e. The number of aromatic nitrogens is 1. The molecular formula is C16H20N2S. The van der Waals surface area contributed by atoms with E-state index in [4.69, 9.17) is 5.73 Å². The lowest BCUT2D eigenvalue weighted by Crippen LogP contribution is -2.38. The molecule has 0 bridgehead atoms. The van der Waals surface area contributed by atoms with Crippen molar-refractivity contribution in [2.75, 3.05) is 6.54 Å². The second kappa shape index (κ2) is 5.06. The molecular weight excluding hydrogens is 252 g/mol. The van der Waals surface area contributed by atoms with Crippen LogP contribution in [0.3, 0.4) is 0 Å². The number of rotatable bonds is 3. The number of fused-ring (bicyclic) bond motifs is 1. The van der Waals surface area contributed by atoms with E-state index in [0.717, 1.165) is 30.8 Å². The summed E-state index contributed by atoms with van der Waals surface area (Å²) in [7, 11) is 0. The molecule has 1 atom stereocenters. The molecule has 19 heavy (non-hydrogen) atoms. The van der Waals surface area contributed by atoms with Crippen LogP contribution in [0.4, 0.5) is 0 Å². The highest BCUT2D eigenvalue weighted by Crippen LogP contribution is 2.37. The zero-order valence-corrected chi connectivity index (χ0v) is 12.2. The lowest BCUT2D eigenvalue weighted by Gasteiger charge is -2.37. The molecule has 0 aliphatic heterocycles. The van der Waals surface area contributed by atoms with Gasteiger partial charge in [-0.05, 0) is 55.7 Å². The quantitative estimate of drug-likeness (QED) is 0.932. The van der Waals surface area contributed by atoms with Gasteiger partial charge in [-0.3, -0.25) is 0 Å². The summed E-state index contributed by atoms with van der Waals surface area (Å²) in [5.41, 5.74) is 10.5. The van der Waals surface area contributed by atoms with Crippen molar-refractivity contribution in [2.24, 2.45) is 11.1 Å². The van der Waals surface area contributed by atoms with Crippen LogP contribution in [0.5, 0.6) is 0 Å². The summed E-state index contributed by atoms with van der Waals surface area (Å²) in [6.45, 7) is 2.82. The molecule has 3 heteroatoms. The van der Waals surface area contributed by atoms with E-state index in [1.807, 2.05) is 0 Å². The van der Waals surface area contributed by atoms with Gasteiger partial charge in [0, 0.05) is 5.38 Å². The molecule has 0 spiro atoms. The molecule has 0 saturated carbocycles. The van der Waals surface area contributed by atoms with Gasteiger partial charge in [-0.15, -0.1) is 11.3 Å². The number of nitrogens with zero attached hydrogens (tertiary/aromatic N) is 1. The third-order valence-corrected chi connectivity index (χ3v) is 5.09. The molecule has 1 unspecified atom stereocenters. The molecule has 0 fully saturated rings. The Kier molecular flexibility index (Phi) is 3.42. The molecule has 1 heterocycles. The summed E-state index contributed by atoms with van der Waals surface area (Å²) < 4.78 is 0. The Labute approximate surface area is 118 Å². The van der Waals surface area contributed by atoms with Crippen molar-refractivity contribution in [2.45, 2.75) is 32.6 Å². The Hall–Kier alpha value is -1.19. The number of thiazole rings is 1. The van der Waals surface area contributed by atoms with Crippen LogP contribution in [0.15, 0.2) is 29.6 Å². The SMILES string of the molecule is Cc1nc(CC2(CN)CCc3ccccc3C2)cs1. The maximum absolute atomic E-state index is 6.13. The van der Waals surface area contributed by atoms with Gasteiger partial charge in [0.2, 0.25) is 0 Å². The van der Waals surface area contributed by atoms with E-state index in [-0.39, 0.29) is 5.41 Å². The topological polar surface area (TPSA) is 38.9 Å². The Morgan fingerprint density at radius 3 is 2.79 bits per heavy atom. The average molecular weight is 272 g/mol. The fraction of sp³-hybridized carbons (Fsp3) is 0.438. The number of hydrogen-bond acceptors (Lipinski definition) is 3. The largest absolute Gasteiger partial charge is 0.330 e. The molecule has 1 aromatic heterocycles. The van der Waals surface area contributed by atoms with Crippen LogP contribution in [0.2, 0.25) is 0 Å².